The molecule has 0 bridgehead atoms. The van der Waals surface area contributed by atoms with Crippen molar-refractivity contribution in [3.8, 4) is 11.3 Å². The number of nitrogens with one attached hydrogen (secondary N) is 2. The molecule has 0 aliphatic heterocycles. The number of alkyl halides is 3. The van der Waals surface area contributed by atoms with Crippen molar-refractivity contribution in [1.29, 1.82) is 0 Å². The van der Waals surface area contributed by atoms with Crippen LogP contribution < -0.4 is 10.6 Å². The van der Waals surface area contributed by atoms with Crippen LogP contribution in [0.4, 0.5) is 33.7 Å². The lowest BCUT2D eigenvalue weighted by Gasteiger charge is -2.22. The molecule has 14 heteroatoms. The Labute approximate surface area is 208 Å². The van der Waals surface area contributed by atoms with Crippen LogP contribution in [0.3, 0.4) is 0 Å². The van der Waals surface area contributed by atoms with Gasteiger partial charge in [-0.25, -0.2) is 23.6 Å². The monoisotopic (exact) mass is 536 g/mol. The average molecular weight is 536 g/mol. The molecule has 1 unspecified atom stereocenters. The highest BCUT2D eigenvalue weighted by Gasteiger charge is 2.64. The fraction of sp³-hybridized carbons (Fsp3) is 0.217. The first-order chi connectivity index (χ1) is 17.5. The number of pyridine rings is 2. The second-order valence-corrected chi connectivity index (χ2v) is 9.40. The summed E-state index contributed by atoms with van der Waals surface area (Å²) in [5.41, 5.74) is -0.810. The van der Waals surface area contributed by atoms with Crippen molar-refractivity contribution < 1.29 is 30.7 Å². The van der Waals surface area contributed by atoms with Gasteiger partial charge in [-0.05, 0) is 60.9 Å². The minimum Gasteiger partial charge on any atom is -0.354 e. The van der Waals surface area contributed by atoms with E-state index in [2.05, 4.69) is 30.6 Å². The Kier molecular flexibility index (Phi) is 6.23. The summed E-state index contributed by atoms with van der Waals surface area (Å²) in [6.45, 7) is -0.0793. The molecule has 1 saturated carbocycles. The number of halogens is 5. The molecular formula is C23H17F5N6O2S. The van der Waals surface area contributed by atoms with Crippen molar-refractivity contribution >= 4 is 33.9 Å². The van der Waals surface area contributed by atoms with E-state index < -0.39 is 34.6 Å². The topological polar surface area (TPSA) is 113 Å². The maximum Gasteiger partial charge on any atom is 0.411 e. The Hall–Kier alpha value is -3.78. The summed E-state index contributed by atoms with van der Waals surface area (Å²) in [5, 5.41) is 5.30. The molecule has 1 fully saturated rings. The van der Waals surface area contributed by atoms with Crippen LogP contribution in [0, 0.1) is 11.8 Å². The molecule has 0 spiro atoms. The molecule has 1 aromatic carbocycles. The number of hydrogen-bond acceptors (Lipinski definition) is 7. The summed E-state index contributed by atoms with van der Waals surface area (Å²) < 4.78 is 88.7. The number of nitrogens with zero attached hydrogens (tertiary/aromatic N) is 4. The van der Waals surface area contributed by atoms with Gasteiger partial charge in [0.05, 0.1) is 16.1 Å². The number of rotatable bonds is 7. The number of benzene rings is 1. The predicted molar refractivity (Wildman–Crippen MR) is 125 cm³/mol. The lowest BCUT2D eigenvalue weighted by atomic mass is 10.1. The molecule has 192 valence electrons. The molecule has 0 saturated heterocycles. The Bertz CT molecular complexity index is 1510. The predicted octanol–water partition coefficient (Wildman–Crippen LogP) is 5.06. The maximum atomic E-state index is 13.8. The van der Waals surface area contributed by atoms with Gasteiger partial charge in [-0.15, -0.1) is 0 Å². The van der Waals surface area contributed by atoms with Crippen molar-refractivity contribution in [2.24, 2.45) is 0 Å². The molecule has 1 aliphatic carbocycles. The summed E-state index contributed by atoms with van der Waals surface area (Å²) in [5.74, 6) is -1.66. The van der Waals surface area contributed by atoms with Gasteiger partial charge in [0.15, 0.2) is 16.9 Å². The molecule has 3 aromatic heterocycles. The van der Waals surface area contributed by atoms with Crippen LogP contribution in [-0.2, 0) is 17.6 Å². The zero-order valence-electron chi connectivity index (χ0n) is 18.7. The van der Waals surface area contributed by atoms with E-state index in [1.165, 1.54) is 24.4 Å². The van der Waals surface area contributed by atoms with Gasteiger partial charge in [-0.3, -0.25) is 0 Å². The van der Waals surface area contributed by atoms with E-state index in [9.17, 15) is 30.7 Å². The van der Waals surface area contributed by atoms with Crippen LogP contribution in [-0.4, -0.2) is 40.4 Å². The Balaban J connectivity index is 1.52. The van der Waals surface area contributed by atoms with Gasteiger partial charge in [-0.2, -0.15) is 22.5 Å². The minimum atomic E-state index is -4.53. The fourth-order valence-electron chi connectivity index (χ4n) is 3.70. The summed E-state index contributed by atoms with van der Waals surface area (Å²) in [6, 6.07) is 9.02. The highest BCUT2D eigenvalue weighted by atomic mass is 32.2. The standard InChI is InChI=1S/C23H17F5N6O2S/c24-14-7-12(8-15(9-14)37(35)36)10-30-21-32-17-3-2-16(13-1-4-18(25)29-11-13)31-19(17)20(33-21)34-22(5-6-22)23(26,27)28/h1-4,7-9,11H,5-6,10H2,(H,35,36)(H2,30,32,33,34). The zero-order chi connectivity index (χ0) is 26.4. The second-order valence-electron chi connectivity index (χ2n) is 8.43. The average Bonchev–Trinajstić information content (AvgIpc) is 3.64. The highest BCUT2D eigenvalue weighted by molar-refractivity contribution is 7.79. The molecule has 0 amide bonds. The first kappa shape index (κ1) is 24.9. The number of fused-ring (bicyclic) bond motifs is 1. The van der Waals surface area contributed by atoms with Gasteiger partial charge in [-0.1, -0.05) is 0 Å². The largest absolute Gasteiger partial charge is 0.411 e. The Morgan fingerprint density at radius 2 is 1.81 bits per heavy atom. The smallest absolute Gasteiger partial charge is 0.354 e. The summed E-state index contributed by atoms with van der Waals surface area (Å²) in [4.78, 5) is 16.4. The molecule has 37 heavy (non-hydrogen) atoms. The van der Waals surface area contributed by atoms with Gasteiger partial charge in [0.25, 0.3) is 0 Å². The third-order valence-electron chi connectivity index (χ3n) is 5.80. The van der Waals surface area contributed by atoms with E-state index in [0.717, 1.165) is 18.2 Å². The van der Waals surface area contributed by atoms with Crippen LogP contribution in [0.25, 0.3) is 22.3 Å². The van der Waals surface area contributed by atoms with Crippen LogP contribution in [0.1, 0.15) is 18.4 Å². The summed E-state index contributed by atoms with van der Waals surface area (Å²) in [7, 11) is 0. The lowest BCUT2D eigenvalue weighted by Crippen LogP contribution is -2.39. The number of hydrogen-bond donors (Lipinski definition) is 3. The molecule has 3 N–H and O–H groups in total. The van der Waals surface area contributed by atoms with Gasteiger partial charge in [0, 0.05) is 18.3 Å². The molecule has 1 atom stereocenters. The third-order valence-corrected chi connectivity index (χ3v) is 6.44. The normalized spacial score (nSPS) is 15.4. The quantitative estimate of drug-likeness (QED) is 0.171. The highest BCUT2D eigenvalue weighted by Crippen LogP contribution is 2.51. The number of anilines is 2. The molecular weight excluding hydrogens is 519 g/mol. The van der Waals surface area contributed by atoms with Crippen LogP contribution >= 0.6 is 0 Å². The van der Waals surface area contributed by atoms with Crippen molar-refractivity contribution in [2.45, 2.75) is 36.0 Å². The fourth-order valence-corrected chi connectivity index (χ4v) is 4.17. The van der Waals surface area contributed by atoms with Crippen LogP contribution in [0.2, 0.25) is 0 Å². The molecule has 0 radical (unpaired) electrons. The van der Waals surface area contributed by atoms with E-state index in [4.69, 9.17) is 0 Å². The van der Waals surface area contributed by atoms with E-state index in [1.807, 2.05) is 0 Å². The summed E-state index contributed by atoms with van der Waals surface area (Å²) in [6.07, 6.45) is -3.57. The SMILES string of the molecule is O=S(O)c1cc(F)cc(CNc2nc(NC3(C(F)(F)F)CC3)c3nc(-c4ccc(F)nc4)ccc3n2)c1. The van der Waals surface area contributed by atoms with E-state index >= 15 is 0 Å². The third kappa shape index (κ3) is 5.20. The Morgan fingerprint density at radius 1 is 1.03 bits per heavy atom. The maximum absolute atomic E-state index is 13.8. The first-order valence-electron chi connectivity index (χ1n) is 10.8. The van der Waals surface area contributed by atoms with Gasteiger partial charge >= 0.3 is 6.18 Å². The molecule has 5 rings (SSSR count). The lowest BCUT2D eigenvalue weighted by molar-refractivity contribution is -0.151. The Morgan fingerprint density at radius 3 is 2.46 bits per heavy atom. The number of aromatic nitrogens is 4. The van der Waals surface area contributed by atoms with Crippen LogP contribution in [0.15, 0.2) is 53.6 Å². The zero-order valence-corrected chi connectivity index (χ0v) is 19.5. The minimum absolute atomic E-state index is 0.0617. The molecule has 4 aromatic rings. The molecule has 8 nitrogen and oxygen atoms in total. The van der Waals surface area contributed by atoms with Crippen LogP contribution in [0.5, 0.6) is 0 Å². The van der Waals surface area contributed by atoms with Gasteiger partial charge < -0.3 is 15.2 Å². The van der Waals surface area contributed by atoms with E-state index in [1.54, 1.807) is 6.07 Å². The van der Waals surface area contributed by atoms with Crippen molar-refractivity contribution in [1.82, 2.24) is 19.9 Å². The first-order valence-corrected chi connectivity index (χ1v) is 11.9. The van der Waals surface area contributed by atoms with Gasteiger partial charge in [0.1, 0.15) is 16.9 Å². The molecule has 1 aliphatic rings. The van der Waals surface area contributed by atoms with Crippen molar-refractivity contribution in [3.05, 3.63) is 66.0 Å². The molecule has 3 heterocycles. The van der Waals surface area contributed by atoms with Gasteiger partial charge in [0.2, 0.25) is 11.9 Å². The van der Waals surface area contributed by atoms with Crippen molar-refractivity contribution in [2.75, 3.05) is 10.6 Å². The van der Waals surface area contributed by atoms with Crippen molar-refractivity contribution in [3.63, 3.8) is 0 Å². The summed E-state index contributed by atoms with van der Waals surface area (Å²) >= 11 is -2.40. The second kappa shape index (κ2) is 9.27. The van der Waals surface area contributed by atoms with E-state index in [-0.39, 0.29) is 47.1 Å². The van der Waals surface area contributed by atoms with E-state index in [0.29, 0.717) is 16.8 Å².